The zero-order valence-electron chi connectivity index (χ0n) is 57.0. The number of benzene rings is 12. The van der Waals surface area contributed by atoms with Crippen LogP contribution in [-0.4, -0.2) is 11.7 Å². The Morgan fingerprint density at radius 3 is 1.59 bits per heavy atom. The van der Waals surface area contributed by atoms with Gasteiger partial charge in [-0.2, -0.15) is 0 Å². The fraction of sp³-hybridized carbons (Fsp3) is 0.0723. The zero-order chi connectivity index (χ0) is 66.1. The maximum Gasteiger partial charge on any atom is 0.137 e. The number of anilines is 10. The van der Waals surface area contributed by atoms with Gasteiger partial charge in [-0.1, -0.05) is 251 Å². The highest BCUT2D eigenvalue weighted by molar-refractivity contribution is 6.04. The molecule has 422 valence electrons. The molecule has 0 bridgehead atoms. The summed E-state index contributed by atoms with van der Waals surface area (Å²) in [6, 6.07) is 91.2. The smallest absolute Gasteiger partial charge is 0.137 e. The predicted octanol–water partition coefficient (Wildman–Crippen LogP) is 22.9. The van der Waals surface area contributed by atoms with Crippen LogP contribution in [0.1, 0.15) is 42.9 Å². The van der Waals surface area contributed by atoms with Crippen LogP contribution in [0.2, 0.25) is 0 Å². The summed E-state index contributed by atoms with van der Waals surface area (Å²) in [6.45, 7) is 4.40. The maximum absolute atomic E-state index is 9.53. The highest BCUT2D eigenvalue weighted by Gasteiger charge is 2.34. The van der Waals surface area contributed by atoms with Crippen molar-refractivity contribution in [2.75, 3.05) is 26.3 Å². The first kappa shape index (κ1) is 45.4. The molecule has 0 radical (unpaired) electrons. The number of aromatic nitrogens is 1. The molecule has 0 amide bonds. The largest absolute Gasteiger partial charge is 0.321 e. The van der Waals surface area contributed by atoms with Gasteiger partial charge >= 0.3 is 0 Å². The van der Waals surface area contributed by atoms with Crippen LogP contribution in [0.3, 0.4) is 0 Å². The van der Waals surface area contributed by atoms with Crippen LogP contribution >= 0.6 is 0 Å². The summed E-state index contributed by atoms with van der Waals surface area (Å²) >= 11 is 0. The fourth-order valence-corrected chi connectivity index (χ4v) is 12.7. The fourth-order valence-electron chi connectivity index (χ4n) is 12.7. The van der Waals surface area contributed by atoms with Gasteiger partial charge in [0.1, 0.15) is 12.5 Å². The van der Waals surface area contributed by atoms with E-state index in [0.29, 0.717) is 22.6 Å². The first-order valence-corrected chi connectivity index (χ1v) is 29.8. The van der Waals surface area contributed by atoms with Crippen molar-refractivity contribution in [1.82, 2.24) is 4.98 Å². The van der Waals surface area contributed by atoms with Crippen molar-refractivity contribution in [1.29, 1.82) is 0 Å². The molecule has 2 aliphatic heterocycles. The van der Waals surface area contributed by atoms with Crippen LogP contribution in [0, 0.1) is 6.85 Å². The van der Waals surface area contributed by atoms with Gasteiger partial charge < -0.3 is 14.7 Å². The topological polar surface area (TPSA) is 25.9 Å². The van der Waals surface area contributed by atoms with Crippen molar-refractivity contribution < 1.29 is 11.0 Å². The van der Waals surface area contributed by atoms with Crippen LogP contribution in [0.5, 0.6) is 0 Å². The Bertz CT molecular complexity index is 5120. The van der Waals surface area contributed by atoms with Crippen molar-refractivity contribution in [3.8, 4) is 77.9 Å². The highest BCUT2D eigenvalue weighted by Crippen LogP contribution is 2.55. The molecule has 0 unspecified atom stereocenters. The number of pyridine rings is 1. The average molecular weight is 1140 g/mol. The number of rotatable bonds is 11. The lowest BCUT2D eigenvalue weighted by Crippen LogP contribution is -2.25. The van der Waals surface area contributed by atoms with Crippen molar-refractivity contribution in [3.63, 3.8) is 0 Å². The third-order valence-corrected chi connectivity index (χ3v) is 17.0. The SMILES string of the molecule is [2H]c1c([2H])c([2H])c(-c2cccc(-c3cc(-c4ccccc4)cc(C(C)(C)C)c3)c2N2CN(c3cc(-c4ccccc4)cc(N(c4ccccc4)c4ccc5c(c4)N(c4cc(C([2H])([2H])[2H])c(-c6ccccc6)cn4)c4ccccc4-c4ccccc4-5)c3)c3ccccc32)c([2H])c1[2H]. The number of para-hydroxylation sites is 5. The minimum atomic E-state index is -2.49. The molecule has 15 rings (SSSR count). The second kappa shape index (κ2) is 22.4. The molecule has 0 aliphatic carbocycles. The summed E-state index contributed by atoms with van der Waals surface area (Å²) in [5.41, 5.74) is 20.2. The van der Waals surface area contributed by atoms with Gasteiger partial charge in [-0.15, -0.1) is 0 Å². The van der Waals surface area contributed by atoms with E-state index in [1.54, 1.807) is 12.3 Å². The van der Waals surface area contributed by atoms with E-state index in [4.69, 9.17) is 13.2 Å². The number of hydrogen-bond donors (Lipinski definition) is 0. The molecule has 1 aromatic heterocycles. The van der Waals surface area contributed by atoms with E-state index in [9.17, 15) is 2.74 Å². The van der Waals surface area contributed by atoms with Gasteiger partial charge in [-0.25, -0.2) is 4.98 Å². The lowest BCUT2D eigenvalue weighted by Gasteiger charge is -2.31. The Morgan fingerprint density at radius 2 is 0.932 bits per heavy atom. The molecule has 0 N–H and O–H groups in total. The second-order valence-corrected chi connectivity index (χ2v) is 23.4. The Kier molecular flexibility index (Phi) is 11.6. The van der Waals surface area contributed by atoms with Crippen LogP contribution in [0.15, 0.2) is 309 Å². The van der Waals surface area contributed by atoms with E-state index in [0.717, 1.165) is 112 Å². The molecule has 0 atom stereocenters. The minimum absolute atomic E-state index is 0.111. The van der Waals surface area contributed by atoms with Crippen LogP contribution in [0.25, 0.3) is 77.9 Å². The number of fused-ring (bicyclic) bond motifs is 6. The van der Waals surface area contributed by atoms with E-state index in [2.05, 4.69) is 186 Å². The molecule has 0 saturated carbocycles. The third kappa shape index (κ3) is 9.87. The average Bonchev–Trinajstić information content (AvgIpc) is 1.35. The summed E-state index contributed by atoms with van der Waals surface area (Å²) in [4.78, 5) is 14.1. The van der Waals surface area contributed by atoms with E-state index in [-0.39, 0.29) is 35.3 Å². The molecule has 0 saturated heterocycles. The monoisotopic (exact) mass is 1140 g/mol. The molecule has 5 heteroatoms. The lowest BCUT2D eigenvalue weighted by molar-refractivity contribution is 0.590. The third-order valence-electron chi connectivity index (χ3n) is 17.0. The molecule has 13 aromatic rings. The summed E-state index contributed by atoms with van der Waals surface area (Å²) < 4.78 is 72.7. The molecule has 2 aliphatic rings. The van der Waals surface area contributed by atoms with Crippen molar-refractivity contribution in [2.45, 2.75) is 33.0 Å². The van der Waals surface area contributed by atoms with Crippen molar-refractivity contribution in [2.24, 2.45) is 0 Å². The zero-order valence-corrected chi connectivity index (χ0v) is 49.0. The Morgan fingerprint density at radius 1 is 0.386 bits per heavy atom. The molecular weight excluding hydrogens is 1070 g/mol. The predicted molar refractivity (Wildman–Crippen MR) is 371 cm³/mol. The molecule has 3 heterocycles. The maximum atomic E-state index is 9.53. The Balaban J connectivity index is 0.945. The van der Waals surface area contributed by atoms with E-state index >= 15 is 0 Å². The number of hydrogen-bond acceptors (Lipinski definition) is 5. The summed E-state index contributed by atoms with van der Waals surface area (Å²) in [5.74, 6) is 0.450. The van der Waals surface area contributed by atoms with Crippen molar-refractivity contribution in [3.05, 3.63) is 321 Å². The van der Waals surface area contributed by atoms with Gasteiger partial charge in [0.25, 0.3) is 0 Å². The molecule has 0 fully saturated rings. The summed E-state index contributed by atoms with van der Waals surface area (Å²) in [6.07, 6.45) is 1.70. The van der Waals surface area contributed by atoms with Crippen LogP contribution < -0.4 is 19.6 Å². The quantitative estimate of drug-likeness (QED) is 0.129. The van der Waals surface area contributed by atoms with Gasteiger partial charge in [0.15, 0.2) is 0 Å². The standard InChI is InChI=1S/C83H65N5/c1-57-47-81(84-55-76(57)61-33-16-8-17-34-61)88-77-42-23-22-39-74(77)72-37-20-21-38-73(72)75-46-45-67(54-80(75)88)87(66-35-18-9-19-36-66)69-52-63(59-29-12-6-13-30-59)51-68(53-69)85-56-86(79-44-25-24-43-78(79)85)82-70(60-31-14-7-15-32-60)40-26-41-71(82)64-48-62(58-27-10-5-11-28-58)49-65(50-64)83(2,3)4/h5-55H,56H2,1-4H3/i1D3,7D,14D,15D,31D,32D. The van der Waals surface area contributed by atoms with Gasteiger partial charge in [0.2, 0.25) is 0 Å². The highest BCUT2D eigenvalue weighted by atomic mass is 15.4. The Labute approximate surface area is 528 Å². The van der Waals surface area contributed by atoms with Gasteiger partial charge in [-0.3, -0.25) is 4.90 Å². The summed E-state index contributed by atoms with van der Waals surface area (Å²) in [7, 11) is 0. The molecular formula is C83H65N5. The van der Waals surface area contributed by atoms with E-state index < -0.39 is 25.0 Å². The summed E-state index contributed by atoms with van der Waals surface area (Å²) in [5, 5.41) is 0. The first-order chi connectivity index (χ1) is 46.5. The molecule has 0 spiro atoms. The first-order valence-electron chi connectivity index (χ1n) is 33.8. The van der Waals surface area contributed by atoms with Gasteiger partial charge in [-0.05, 0) is 146 Å². The minimum Gasteiger partial charge on any atom is -0.321 e. The Hall–Kier alpha value is -11.0. The van der Waals surface area contributed by atoms with Gasteiger partial charge in [0.05, 0.1) is 35.3 Å². The number of nitrogens with zero attached hydrogens (tertiary/aromatic N) is 5. The van der Waals surface area contributed by atoms with E-state index in [1.165, 1.54) is 0 Å². The van der Waals surface area contributed by atoms with Crippen molar-refractivity contribution >= 4 is 57.0 Å². The van der Waals surface area contributed by atoms with E-state index in [1.807, 2.05) is 121 Å². The normalized spacial score (nSPS) is 13.9. The molecule has 5 nitrogen and oxygen atoms in total. The van der Waals surface area contributed by atoms with Crippen LogP contribution in [-0.2, 0) is 5.41 Å². The molecule has 88 heavy (non-hydrogen) atoms. The molecule has 12 aromatic carbocycles. The second-order valence-electron chi connectivity index (χ2n) is 23.4. The van der Waals surface area contributed by atoms with Gasteiger partial charge in [0, 0.05) is 60.9 Å². The van der Waals surface area contributed by atoms with Crippen LogP contribution in [0.4, 0.5) is 57.0 Å². The lowest BCUT2D eigenvalue weighted by atomic mass is 9.82. The number of aryl methyl sites for hydroxylation is 1.